The first-order valence-corrected chi connectivity index (χ1v) is 29.9. The van der Waals surface area contributed by atoms with Gasteiger partial charge in [0.15, 0.2) is 17.3 Å². The lowest BCUT2D eigenvalue weighted by molar-refractivity contribution is -0.136. The van der Waals surface area contributed by atoms with E-state index in [1.807, 2.05) is 13.8 Å². The van der Waals surface area contributed by atoms with Gasteiger partial charge >= 0.3 is 0 Å². The third-order valence-corrected chi connectivity index (χ3v) is 15.0. The van der Waals surface area contributed by atoms with Crippen LogP contribution in [-0.4, -0.2) is 174 Å². The Morgan fingerprint density at radius 3 is 1.85 bits per heavy atom. The summed E-state index contributed by atoms with van der Waals surface area (Å²) in [7, 11) is 0. The number of nitrogens with zero attached hydrogens (tertiary/aromatic N) is 1. The Morgan fingerprint density at radius 1 is 0.682 bits per heavy atom. The number of hydrogen-bond acceptors (Lipinski definition) is 19. The highest BCUT2D eigenvalue weighted by molar-refractivity contribution is 6.30. The van der Waals surface area contributed by atoms with E-state index < -0.39 is 170 Å². The lowest BCUT2D eigenvalue weighted by Crippen LogP contribution is -2.60. The molecule has 0 radical (unpaired) electrons. The minimum Gasteiger partial charge on any atom is -0.394 e. The topological polar surface area (TPSA) is 467 Å². The Morgan fingerprint density at radius 2 is 1.28 bits per heavy atom. The molecule has 20 N–H and O–H groups in total. The molecule has 28 heteroatoms. The highest BCUT2D eigenvalue weighted by Crippen LogP contribution is 2.24. The maximum Gasteiger partial charge on any atom is 0.245 e. The Balaban J connectivity index is 1.66. The summed E-state index contributed by atoms with van der Waals surface area (Å²) in [4.78, 5) is 159. The average Bonchev–Trinajstić information content (AvgIpc) is 3.70. The van der Waals surface area contributed by atoms with Gasteiger partial charge in [-0.3, -0.25) is 57.7 Å². The summed E-state index contributed by atoms with van der Waals surface area (Å²) >= 11 is 6.17. The first-order valence-electron chi connectivity index (χ1n) is 29.5. The second-order valence-corrected chi connectivity index (χ2v) is 22.7. The number of Topliss-reactive ketones (excluding diaryl/α,β-unsaturated/α-hetero) is 3. The minimum atomic E-state index is -1.68. The van der Waals surface area contributed by atoms with E-state index in [0.29, 0.717) is 21.8 Å². The number of pyridine rings is 1. The minimum absolute atomic E-state index is 0.00650. The summed E-state index contributed by atoms with van der Waals surface area (Å²) in [5, 5.41) is 42.1. The van der Waals surface area contributed by atoms with Crippen LogP contribution in [0.25, 0.3) is 11.3 Å². The fourth-order valence-corrected chi connectivity index (χ4v) is 10.1. The van der Waals surface area contributed by atoms with Crippen LogP contribution in [0.1, 0.15) is 94.5 Å². The van der Waals surface area contributed by atoms with Gasteiger partial charge in [-0.2, -0.15) is 0 Å². The van der Waals surface area contributed by atoms with E-state index in [0.717, 1.165) is 0 Å². The summed E-state index contributed by atoms with van der Waals surface area (Å²) in [5.41, 5.74) is 31.6. The van der Waals surface area contributed by atoms with Gasteiger partial charge in [0.05, 0.1) is 30.4 Å². The van der Waals surface area contributed by atoms with Gasteiger partial charge in [0.2, 0.25) is 47.3 Å². The number of ketones is 3. The predicted octanol–water partition coefficient (Wildman–Crippen LogP) is -2.33. The molecule has 0 aliphatic carbocycles. The van der Waals surface area contributed by atoms with Gasteiger partial charge in [-0.25, -0.2) is 0 Å². The molecule has 1 aliphatic rings. The van der Waals surface area contributed by atoms with Crippen LogP contribution < -0.4 is 71.2 Å². The van der Waals surface area contributed by atoms with E-state index in [9.17, 15) is 63.0 Å². The molecule has 8 amide bonds. The molecule has 27 nitrogen and oxygen atoms in total. The van der Waals surface area contributed by atoms with Crippen LogP contribution in [0.3, 0.4) is 0 Å². The van der Waals surface area contributed by atoms with Crippen LogP contribution >= 0.6 is 11.6 Å². The Labute approximate surface area is 516 Å². The zero-order valence-corrected chi connectivity index (χ0v) is 50.7. The number of halogens is 1. The van der Waals surface area contributed by atoms with E-state index in [1.54, 1.807) is 60.7 Å². The average molecular weight is 1250 g/mol. The lowest BCUT2D eigenvalue weighted by atomic mass is 9.88. The van der Waals surface area contributed by atoms with Gasteiger partial charge in [0.25, 0.3) is 0 Å². The molecule has 1 aromatic heterocycles. The molecule has 0 unspecified atom stereocenters. The fraction of sp³-hybridized carbons (Fsp3) is 0.533. The van der Waals surface area contributed by atoms with Crippen LogP contribution in [-0.2, 0) is 54.4 Å². The third-order valence-electron chi connectivity index (χ3n) is 14.8. The van der Waals surface area contributed by atoms with E-state index in [-0.39, 0.29) is 82.6 Å². The molecule has 482 valence electrons. The number of rotatable bonds is 26. The summed E-state index contributed by atoms with van der Waals surface area (Å²) in [5.74, 6) is -12.7. The van der Waals surface area contributed by atoms with Crippen LogP contribution in [0.4, 0.5) is 0 Å². The molecule has 0 saturated carbocycles. The largest absolute Gasteiger partial charge is 0.394 e. The molecular formula is C60H87ClN14O13. The van der Waals surface area contributed by atoms with Crippen molar-refractivity contribution in [2.75, 3.05) is 45.9 Å². The van der Waals surface area contributed by atoms with Crippen molar-refractivity contribution in [3.05, 3.63) is 89.1 Å². The highest BCUT2D eigenvalue weighted by Gasteiger charge is 2.37. The second-order valence-electron chi connectivity index (χ2n) is 22.2. The van der Waals surface area contributed by atoms with Crippen molar-refractivity contribution in [2.45, 2.75) is 133 Å². The van der Waals surface area contributed by atoms with Crippen molar-refractivity contribution >= 4 is 76.2 Å². The second kappa shape index (κ2) is 37.3. The van der Waals surface area contributed by atoms with E-state index in [4.69, 9.17) is 40.3 Å². The van der Waals surface area contributed by atoms with Crippen molar-refractivity contribution in [3.63, 3.8) is 0 Å². The SMILES string of the molecule is CC(C)C[C@@H]1CC(=O)[C@@H](Cc2ccccc2)NC(=O)[C@H](CCN)NC(=O)[C@@H](NC(=O)[C@H](CN)CC(=O)[C@H](CO)NC(=O)[C@H](CCN)CC(=O)c2ccnc(-c3cccc(Cl)c3)c2)CCNC(=O)[C@H]([C@@H](C)O)NC(=O)[C@H](CCN)NC(=O)[C@H](CCN)NC1=O. The van der Waals surface area contributed by atoms with Gasteiger partial charge in [-0.05, 0) is 114 Å². The normalized spacial score (nSPS) is 21.9. The molecular weight excluding hydrogens is 1160 g/mol. The number of amides is 8. The number of carbonyl (C=O) groups is 11. The molecule has 3 aromatic rings. The Hall–Kier alpha value is -7.63. The zero-order valence-electron chi connectivity index (χ0n) is 50.0. The van der Waals surface area contributed by atoms with E-state index in [2.05, 4.69) is 47.5 Å². The molecule has 0 bridgehead atoms. The number of aliphatic hydroxyl groups excluding tert-OH is 2. The summed E-state index contributed by atoms with van der Waals surface area (Å²) in [6.45, 7) is 2.48. The zero-order chi connectivity index (χ0) is 65.0. The van der Waals surface area contributed by atoms with Crippen LogP contribution in [0.2, 0.25) is 5.02 Å². The molecule has 2 aromatic carbocycles. The molecule has 1 saturated heterocycles. The maximum absolute atomic E-state index is 14.5. The summed E-state index contributed by atoms with van der Waals surface area (Å²) in [6, 6.07) is 8.07. The van der Waals surface area contributed by atoms with Crippen molar-refractivity contribution in [1.82, 2.24) is 47.5 Å². The predicted molar refractivity (Wildman–Crippen MR) is 327 cm³/mol. The van der Waals surface area contributed by atoms with Gasteiger partial charge < -0.3 is 81.4 Å². The van der Waals surface area contributed by atoms with Crippen LogP contribution in [0.15, 0.2) is 72.9 Å². The lowest BCUT2D eigenvalue weighted by Gasteiger charge is -2.27. The quantitative estimate of drug-likeness (QED) is 0.0375. The smallest absolute Gasteiger partial charge is 0.245 e. The number of aliphatic hydroxyl groups is 2. The molecule has 1 fully saturated rings. The van der Waals surface area contributed by atoms with E-state index in [1.165, 1.54) is 19.2 Å². The van der Waals surface area contributed by atoms with Gasteiger partial charge in [-0.15, -0.1) is 0 Å². The number of aromatic nitrogens is 1. The van der Waals surface area contributed by atoms with Crippen molar-refractivity contribution in [3.8, 4) is 11.3 Å². The van der Waals surface area contributed by atoms with Gasteiger partial charge in [0, 0.05) is 66.5 Å². The number of nitrogens with two attached hydrogens (primary N) is 5. The molecule has 4 rings (SSSR count). The highest BCUT2D eigenvalue weighted by atomic mass is 35.5. The number of carbonyl (C=O) groups excluding carboxylic acids is 11. The fourth-order valence-electron chi connectivity index (χ4n) is 9.88. The number of hydrogen-bond donors (Lipinski definition) is 15. The van der Waals surface area contributed by atoms with Crippen molar-refractivity contribution in [1.29, 1.82) is 0 Å². The standard InChI is InChI=1S/C60H87ClN14O13/c1-33(2)24-39-29-50(79)47(25-35-8-5-4-6-9-35)73-57(85)43(14-20-64)71-58(86)45(17-23-68-60(88)52(34(3)77)75-59(87)44(15-21-65)72-56(84)42(13-19-63)69-54(39)82)70-55(83)40(31-66)30-51(80)48(32-76)74-53(81)38(12-18-62)28-49(78)37-16-22-67-46(27-37)36-10-7-11-41(61)26-36/h4-11,16,22,26-27,33-34,38-40,42-45,47-48,52,76-77H,12-15,17-21,23-25,28-32,62-66H2,1-3H3,(H,68,88)(H,69,82)(H,70,83)(H,71,86)(H,72,84)(H,73,85)(H,74,81)(H,75,87)/t34-,38-,39-,40+,42+,43+,44+,45+,47-,48+,52+/m1/s1. The first kappa shape index (κ1) is 72.8. The Bertz CT molecular complexity index is 2870. The molecule has 1 aliphatic heterocycles. The molecule has 11 atom stereocenters. The molecule has 2 heterocycles. The molecule has 0 spiro atoms. The van der Waals surface area contributed by atoms with Gasteiger partial charge in [0.1, 0.15) is 36.3 Å². The molecule has 88 heavy (non-hydrogen) atoms. The summed E-state index contributed by atoms with van der Waals surface area (Å²) < 4.78 is 0. The number of benzene rings is 2. The third kappa shape index (κ3) is 23.1. The van der Waals surface area contributed by atoms with Crippen molar-refractivity contribution < 1.29 is 63.0 Å². The summed E-state index contributed by atoms with van der Waals surface area (Å²) in [6.07, 6.45) is -2.44. The number of nitrogens with one attached hydrogen (secondary N) is 8. The van der Waals surface area contributed by atoms with Crippen LogP contribution in [0.5, 0.6) is 0 Å². The monoisotopic (exact) mass is 1250 g/mol. The van der Waals surface area contributed by atoms with Crippen molar-refractivity contribution in [2.24, 2.45) is 52.3 Å². The van der Waals surface area contributed by atoms with Crippen LogP contribution in [0, 0.1) is 23.7 Å². The first-order chi connectivity index (χ1) is 42.0. The van der Waals surface area contributed by atoms with E-state index >= 15 is 0 Å². The Kier molecular flexibility index (Phi) is 30.8. The maximum atomic E-state index is 14.5. The van der Waals surface area contributed by atoms with Gasteiger partial charge in [-0.1, -0.05) is 67.9 Å².